The molecule has 0 bridgehead atoms. The van der Waals surface area contributed by atoms with Crippen molar-refractivity contribution in [2.75, 3.05) is 6.54 Å². The van der Waals surface area contributed by atoms with Crippen molar-refractivity contribution in [3.8, 4) is 0 Å². The minimum absolute atomic E-state index is 0.0690. The number of aromatic amines is 1. The van der Waals surface area contributed by atoms with E-state index >= 15 is 0 Å². The molecule has 0 aliphatic heterocycles. The molecule has 0 spiro atoms. The van der Waals surface area contributed by atoms with Crippen LogP contribution in [0.5, 0.6) is 0 Å². The van der Waals surface area contributed by atoms with Gasteiger partial charge in [0, 0.05) is 6.54 Å². The number of nitro groups is 2. The third-order valence-electron chi connectivity index (χ3n) is 3.18. The molecular formula is C11H13N7O5. The Balaban J connectivity index is 2.02. The molecule has 0 atom stereocenters. The van der Waals surface area contributed by atoms with Gasteiger partial charge in [0.15, 0.2) is 0 Å². The van der Waals surface area contributed by atoms with E-state index in [4.69, 9.17) is 0 Å². The van der Waals surface area contributed by atoms with Crippen LogP contribution in [0.1, 0.15) is 21.9 Å². The fraction of sp³-hybridized carbons (Fsp3) is 0.364. The van der Waals surface area contributed by atoms with Crippen LogP contribution in [0.25, 0.3) is 0 Å². The number of hydrogen-bond acceptors (Lipinski definition) is 7. The normalized spacial score (nSPS) is 10.5. The Morgan fingerprint density at radius 1 is 1.35 bits per heavy atom. The molecule has 23 heavy (non-hydrogen) atoms. The number of aryl methyl sites for hydroxylation is 1. The van der Waals surface area contributed by atoms with E-state index in [9.17, 15) is 25.0 Å². The van der Waals surface area contributed by atoms with E-state index in [0.717, 1.165) is 6.20 Å². The molecule has 1 amide bonds. The van der Waals surface area contributed by atoms with Gasteiger partial charge in [-0.3, -0.25) is 34.8 Å². The van der Waals surface area contributed by atoms with Crippen LogP contribution in [0, 0.1) is 34.1 Å². The quantitative estimate of drug-likeness (QED) is 0.576. The topological polar surface area (TPSA) is 162 Å². The molecule has 12 heteroatoms. The van der Waals surface area contributed by atoms with Gasteiger partial charge < -0.3 is 5.32 Å². The maximum absolute atomic E-state index is 11.9. The molecule has 12 nitrogen and oxygen atoms in total. The predicted octanol–water partition coefficient (Wildman–Crippen LogP) is 0.469. The van der Waals surface area contributed by atoms with Crippen molar-refractivity contribution in [2.24, 2.45) is 0 Å². The zero-order valence-electron chi connectivity index (χ0n) is 12.3. The van der Waals surface area contributed by atoms with Crippen LogP contribution in [0.4, 0.5) is 11.4 Å². The van der Waals surface area contributed by atoms with Gasteiger partial charge in [0.2, 0.25) is 5.69 Å². The monoisotopic (exact) mass is 323 g/mol. The summed E-state index contributed by atoms with van der Waals surface area (Å²) in [4.78, 5) is 32.3. The van der Waals surface area contributed by atoms with Crippen molar-refractivity contribution in [1.29, 1.82) is 0 Å². The molecule has 2 N–H and O–H groups in total. The molecule has 0 fully saturated rings. The van der Waals surface area contributed by atoms with E-state index in [-0.39, 0.29) is 30.2 Å². The SMILES string of the molecule is Cc1nn(CCNC(=O)c2[nH]ncc2[N+](=O)[O-])c(C)c1[N+](=O)[O-]. The van der Waals surface area contributed by atoms with Gasteiger partial charge in [0.05, 0.1) is 16.4 Å². The molecule has 0 unspecified atom stereocenters. The summed E-state index contributed by atoms with van der Waals surface area (Å²) in [5.41, 5.74) is -0.101. The lowest BCUT2D eigenvalue weighted by molar-refractivity contribution is -0.386. The number of aromatic nitrogens is 4. The van der Waals surface area contributed by atoms with E-state index < -0.39 is 21.4 Å². The molecule has 0 saturated heterocycles. The first-order chi connectivity index (χ1) is 10.8. The second kappa shape index (κ2) is 6.21. The van der Waals surface area contributed by atoms with Gasteiger partial charge in [-0.1, -0.05) is 0 Å². The number of rotatable bonds is 6. The summed E-state index contributed by atoms with van der Waals surface area (Å²) in [6.07, 6.45) is 0.944. The number of carbonyl (C=O) groups is 1. The highest BCUT2D eigenvalue weighted by Crippen LogP contribution is 2.21. The Morgan fingerprint density at radius 3 is 2.61 bits per heavy atom. The summed E-state index contributed by atoms with van der Waals surface area (Å²) in [7, 11) is 0. The highest BCUT2D eigenvalue weighted by Gasteiger charge is 2.23. The molecule has 2 heterocycles. The Morgan fingerprint density at radius 2 is 2.04 bits per heavy atom. The summed E-state index contributed by atoms with van der Waals surface area (Å²) < 4.78 is 1.40. The molecule has 0 radical (unpaired) electrons. The zero-order valence-corrected chi connectivity index (χ0v) is 12.3. The van der Waals surface area contributed by atoms with Crippen LogP contribution < -0.4 is 5.32 Å². The zero-order chi connectivity index (χ0) is 17.1. The van der Waals surface area contributed by atoms with E-state index in [1.54, 1.807) is 6.92 Å². The van der Waals surface area contributed by atoms with Gasteiger partial charge in [0.1, 0.15) is 17.6 Å². The van der Waals surface area contributed by atoms with Crippen LogP contribution in [0.3, 0.4) is 0 Å². The third-order valence-corrected chi connectivity index (χ3v) is 3.18. The minimum atomic E-state index is -0.719. The second-order valence-corrected chi connectivity index (χ2v) is 4.64. The van der Waals surface area contributed by atoms with Gasteiger partial charge in [0.25, 0.3) is 5.91 Å². The average molecular weight is 323 g/mol. The molecule has 0 saturated carbocycles. The predicted molar refractivity (Wildman–Crippen MR) is 75.9 cm³/mol. The van der Waals surface area contributed by atoms with Crippen LogP contribution in [-0.2, 0) is 6.54 Å². The fourth-order valence-corrected chi connectivity index (χ4v) is 2.12. The fourth-order valence-electron chi connectivity index (χ4n) is 2.12. The molecular weight excluding hydrogens is 310 g/mol. The van der Waals surface area contributed by atoms with Gasteiger partial charge in [-0.15, -0.1) is 0 Å². The van der Waals surface area contributed by atoms with Gasteiger partial charge in [-0.05, 0) is 13.8 Å². The third kappa shape index (κ3) is 3.14. The molecule has 2 aromatic rings. The Labute approximate surface area is 128 Å². The van der Waals surface area contributed by atoms with Crippen LogP contribution in [-0.4, -0.2) is 42.3 Å². The molecule has 2 aromatic heterocycles. The standard InChI is InChI=1S/C11H13N7O5/c1-6-10(18(22)23)7(2)16(15-6)4-3-12-11(19)9-8(17(20)21)5-13-14-9/h5H,3-4H2,1-2H3,(H,12,19)(H,13,14). The lowest BCUT2D eigenvalue weighted by Crippen LogP contribution is -2.28. The first kappa shape index (κ1) is 16.1. The first-order valence-corrected chi connectivity index (χ1v) is 6.47. The highest BCUT2D eigenvalue weighted by molar-refractivity contribution is 5.95. The van der Waals surface area contributed by atoms with E-state index in [1.807, 2.05) is 0 Å². The maximum atomic E-state index is 11.9. The number of H-pyrrole nitrogens is 1. The average Bonchev–Trinajstić information content (AvgIpc) is 3.04. The molecule has 0 aromatic carbocycles. The maximum Gasteiger partial charge on any atom is 0.319 e. The lowest BCUT2D eigenvalue weighted by Gasteiger charge is -2.05. The molecule has 122 valence electrons. The van der Waals surface area contributed by atoms with Crippen molar-refractivity contribution in [3.63, 3.8) is 0 Å². The van der Waals surface area contributed by atoms with Crippen LogP contribution in [0.15, 0.2) is 6.20 Å². The van der Waals surface area contributed by atoms with E-state index in [2.05, 4.69) is 20.6 Å². The van der Waals surface area contributed by atoms with Crippen molar-refractivity contribution in [2.45, 2.75) is 20.4 Å². The highest BCUT2D eigenvalue weighted by atomic mass is 16.6. The minimum Gasteiger partial charge on any atom is -0.349 e. The Hall–Kier alpha value is -3.31. The van der Waals surface area contributed by atoms with Gasteiger partial charge in [-0.25, -0.2) is 0 Å². The summed E-state index contributed by atoms with van der Waals surface area (Å²) in [5.74, 6) is -0.690. The molecule has 0 aliphatic carbocycles. The van der Waals surface area contributed by atoms with Crippen molar-refractivity contribution < 1.29 is 14.6 Å². The van der Waals surface area contributed by atoms with Crippen LogP contribution >= 0.6 is 0 Å². The number of carbonyl (C=O) groups excluding carboxylic acids is 1. The van der Waals surface area contributed by atoms with Gasteiger partial charge >= 0.3 is 11.4 Å². The smallest absolute Gasteiger partial charge is 0.319 e. The number of amides is 1. The Bertz CT molecular complexity index is 778. The summed E-state index contributed by atoms with van der Waals surface area (Å²) in [6.45, 7) is 3.36. The van der Waals surface area contributed by atoms with E-state index in [1.165, 1.54) is 11.6 Å². The van der Waals surface area contributed by atoms with Crippen molar-refractivity contribution in [3.05, 3.63) is 43.5 Å². The summed E-state index contributed by atoms with van der Waals surface area (Å²) >= 11 is 0. The molecule has 0 aliphatic rings. The summed E-state index contributed by atoms with van der Waals surface area (Å²) in [6, 6.07) is 0. The largest absolute Gasteiger partial charge is 0.349 e. The lowest BCUT2D eigenvalue weighted by atomic mass is 10.3. The second-order valence-electron chi connectivity index (χ2n) is 4.64. The number of nitrogens with zero attached hydrogens (tertiary/aromatic N) is 5. The number of hydrogen-bond donors (Lipinski definition) is 2. The first-order valence-electron chi connectivity index (χ1n) is 6.47. The van der Waals surface area contributed by atoms with Crippen LogP contribution in [0.2, 0.25) is 0 Å². The molecule has 2 rings (SSSR count). The van der Waals surface area contributed by atoms with Crippen molar-refractivity contribution >= 4 is 17.3 Å². The summed E-state index contributed by atoms with van der Waals surface area (Å²) in [5, 5.41) is 33.8. The van der Waals surface area contributed by atoms with Gasteiger partial charge in [-0.2, -0.15) is 10.2 Å². The van der Waals surface area contributed by atoms with Crippen molar-refractivity contribution in [1.82, 2.24) is 25.3 Å². The van der Waals surface area contributed by atoms with E-state index in [0.29, 0.717) is 5.69 Å². The number of nitrogens with one attached hydrogen (secondary N) is 2. The Kier molecular flexibility index (Phi) is 4.34.